The number of likely N-dealkylation sites (N-methyl/N-ethyl adjacent to an activating group) is 1. The van der Waals surface area contributed by atoms with Crippen LogP contribution in [0.15, 0.2) is 0 Å². The molecular weight excluding hydrogens is 230 g/mol. The molecule has 0 spiro atoms. The van der Waals surface area contributed by atoms with Gasteiger partial charge in [-0.15, -0.1) is 0 Å². The molecule has 1 aliphatic heterocycles. The predicted octanol–water partition coefficient (Wildman–Crippen LogP) is 0.407. The van der Waals surface area contributed by atoms with Gasteiger partial charge in [0.2, 0.25) is 11.8 Å². The van der Waals surface area contributed by atoms with Crippen LogP contribution in [0.25, 0.3) is 0 Å². The van der Waals surface area contributed by atoms with Crippen molar-refractivity contribution in [1.82, 2.24) is 16.0 Å². The first kappa shape index (κ1) is 15.0. The Kier molecular flexibility index (Phi) is 5.59. The highest BCUT2D eigenvalue weighted by Crippen LogP contribution is 2.31. The number of carbonyl (C=O) groups is 2. The van der Waals surface area contributed by atoms with Gasteiger partial charge in [0, 0.05) is 13.6 Å². The maximum atomic E-state index is 12.4. The minimum Gasteiger partial charge on any atom is -0.357 e. The van der Waals surface area contributed by atoms with Gasteiger partial charge in [0.05, 0.1) is 5.41 Å². The smallest absolute Gasteiger partial charge is 0.242 e. The maximum absolute atomic E-state index is 12.4. The topological polar surface area (TPSA) is 70.2 Å². The van der Waals surface area contributed by atoms with Crippen LogP contribution in [0.3, 0.4) is 0 Å². The van der Waals surface area contributed by atoms with Crippen LogP contribution in [0, 0.1) is 5.41 Å². The fraction of sp³-hybridized carbons (Fsp3) is 0.846. The van der Waals surface area contributed by atoms with E-state index in [1.807, 2.05) is 0 Å². The Morgan fingerprint density at radius 3 is 2.67 bits per heavy atom. The molecule has 0 aromatic carbocycles. The predicted molar refractivity (Wildman–Crippen MR) is 71.1 cm³/mol. The summed E-state index contributed by atoms with van der Waals surface area (Å²) in [7, 11) is 1.58. The average Bonchev–Trinajstić information content (AvgIpc) is 2.39. The number of hydrogen-bond acceptors (Lipinski definition) is 3. The molecule has 1 heterocycles. The number of amides is 2. The molecule has 5 nitrogen and oxygen atoms in total. The summed E-state index contributed by atoms with van der Waals surface area (Å²) in [5.41, 5.74) is -0.338. The standard InChI is InChI=1S/C13H25N3O2/c1-4-6-13(7-5-8-15-9-13)12(18)16-10(2)11(17)14-3/h10,15H,4-9H2,1-3H3,(H,14,17)(H,16,18). The molecule has 1 rings (SSSR count). The van der Waals surface area contributed by atoms with Gasteiger partial charge in [-0.3, -0.25) is 9.59 Å². The second-order valence-electron chi connectivity index (χ2n) is 5.12. The SMILES string of the molecule is CCCC1(C(=O)NC(C)C(=O)NC)CCCNC1. The lowest BCUT2D eigenvalue weighted by molar-refractivity contribution is -0.136. The molecule has 18 heavy (non-hydrogen) atoms. The van der Waals surface area contributed by atoms with Gasteiger partial charge < -0.3 is 16.0 Å². The Balaban J connectivity index is 2.67. The van der Waals surface area contributed by atoms with Crippen LogP contribution in [0.2, 0.25) is 0 Å². The number of rotatable bonds is 5. The van der Waals surface area contributed by atoms with Gasteiger partial charge in [0.1, 0.15) is 6.04 Å². The van der Waals surface area contributed by atoms with Crippen LogP contribution in [-0.4, -0.2) is 38.0 Å². The first-order chi connectivity index (χ1) is 8.55. The molecule has 1 fully saturated rings. The molecule has 104 valence electrons. The summed E-state index contributed by atoms with van der Waals surface area (Å²) in [4.78, 5) is 23.9. The molecule has 0 aromatic heterocycles. The lowest BCUT2D eigenvalue weighted by Crippen LogP contribution is -2.54. The van der Waals surface area contributed by atoms with Gasteiger partial charge in [-0.25, -0.2) is 0 Å². The molecular formula is C13H25N3O2. The Hall–Kier alpha value is -1.10. The number of nitrogens with one attached hydrogen (secondary N) is 3. The summed E-state index contributed by atoms with van der Waals surface area (Å²) in [5.74, 6) is -0.147. The summed E-state index contributed by atoms with van der Waals surface area (Å²) in [6.45, 7) is 5.50. The lowest BCUT2D eigenvalue weighted by Gasteiger charge is -2.36. The summed E-state index contributed by atoms with van der Waals surface area (Å²) >= 11 is 0. The van der Waals surface area contributed by atoms with Crippen molar-refractivity contribution in [3.05, 3.63) is 0 Å². The van der Waals surface area contributed by atoms with Gasteiger partial charge in [-0.05, 0) is 32.7 Å². The molecule has 1 aliphatic rings. The molecule has 0 saturated carbocycles. The van der Waals surface area contributed by atoms with E-state index in [1.165, 1.54) is 0 Å². The average molecular weight is 255 g/mol. The quantitative estimate of drug-likeness (QED) is 0.666. The van der Waals surface area contributed by atoms with Crippen molar-refractivity contribution in [3.63, 3.8) is 0 Å². The van der Waals surface area contributed by atoms with Crippen molar-refractivity contribution >= 4 is 11.8 Å². The van der Waals surface area contributed by atoms with Gasteiger partial charge in [-0.1, -0.05) is 13.3 Å². The number of hydrogen-bond donors (Lipinski definition) is 3. The van der Waals surface area contributed by atoms with Crippen LogP contribution < -0.4 is 16.0 Å². The molecule has 2 amide bonds. The molecule has 0 radical (unpaired) electrons. The van der Waals surface area contributed by atoms with E-state index in [2.05, 4.69) is 22.9 Å². The highest BCUT2D eigenvalue weighted by molar-refractivity contribution is 5.89. The van der Waals surface area contributed by atoms with Crippen LogP contribution in [0.4, 0.5) is 0 Å². The minimum atomic E-state index is -0.474. The van der Waals surface area contributed by atoms with Crippen molar-refractivity contribution in [2.45, 2.75) is 45.6 Å². The first-order valence-corrected chi connectivity index (χ1v) is 6.79. The molecule has 0 bridgehead atoms. The second kappa shape index (κ2) is 6.73. The Morgan fingerprint density at radius 1 is 1.44 bits per heavy atom. The van der Waals surface area contributed by atoms with Crippen LogP contribution in [-0.2, 0) is 9.59 Å². The molecule has 2 atom stereocenters. The third kappa shape index (κ3) is 3.45. The van der Waals surface area contributed by atoms with Gasteiger partial charge in [0.15, 0.2) is 0 Å². The van der Waals surface area contributed by atoms with Gasteiger partial charge in [0.25, 0.3) is 0 Å². The highest BCUT2D eigenvalue weighted by atomic mass is 16.2. The van der Waals surface area contributed by atoms with Crippen LogP contribution >= 0.6 is 0 Å². The Labute approximate surface area is 109 Å². The normalized spacial score (nSPS) is 25.3. The zero-order chi connectivity index (χ0) is 13.6. The van der Waals surface area contributed by atoms with E-state index in [1.54, 1.807) is 14.0 Å². The van der Waals surface area contributed by atoms with Crippen molar-refractivity contribution < 1.29 is 9.59 Å². The fourth-order valence-electron chi connectivity index (χ4n) is 2.60. The van der Waals surface area contributed by atoms with Crippen molar-refractivity contribution in [3.8, 4) is 0 Å². The third-order valence-corrected chi connectivity index (χ3v) is 3.67. The van der Waals surface area contributed by atoms with E-state index in [9.17, 15) is 9.59 Å². The Morgan fingerprint density at radius 2 is 2.17 bits per heavy atom. The van der Waals surface area contributed by atoms with E-state index in [4.69, 9.17) is 0 Å². The minimum absolute atomic E-state index is 0.00708. The molecule has 0 aromatic rings. The monoisotopic (exact) mass is 255 g/mol. The van der Waals surface area contributed by atoms with Gasteiger partial charge >= 0.3 is 0 Å². The van der Waals surface area contributed by atoms with Gasteiger partial charge in [-0.2, -0.15) is 0 Å². The molecule has 1 saturated heterocycles. The zero-order valence-corrected chi connectivity index (χ0v) is 11.6. The molecule has 3 N–H and O–H groups in total. The number of piperidine rings is 1. The van der Waals surface area contributed by atoms with E-state index in [0.29, 0.717) is 6.54 Å². The summed E-state index contributed by atoms with van der Waals surface area (Å²) in [6.07, 6.45) is 3.76. The summed E-state index contributed by atoms with van der Waals surface area (Å²) < 4.78 is 0. The molecule has 5 heteroatoms. The van der Waals surface area contributed by atoms with E-state index >= 15 is 0 Å². The lowest BCUT2D eigenvalue weighted by atomic mass is 9.76. The maximum Gasteiger partial charge on any atom is 0.242 e. The largest absolute Gasteiger partial charge is 0.357 e. The third-order valence-electron chi connectivity index (χ3n) is 3.67. The zero-order valence-electron chi connectivity index (χ0n) is 11.6. The fourth-order valence-corrected chi connectivity index (χ4v) is 2.60. The van der Waals surface area contributed by atoms with Crippen molar-refractivity contribution in [2.75, 3.05) is 20.1 Å². The number of carbonyl (C=O) groups excluding carboxylic acids is 2. The van der Waals surface area contributed by atoms with E-state index in [-0.39, 0.29) is 17.2 Å². The summed E-state index contributed by atoms with van der Waals surface area (Å²) in [5, 5.41) is 8.68. The van der Waals surface area contributed by atoms with E-state index < -0.39 is 6.04 Å². The molecule has 0 aliphatic carbocycles. The van der Waals surface area contributed by atoms with E-state index in [0.717, 1.165) is 32.2 Å². The first-order valence-electron chi connectivity index (χ1n) is 6.79. The summed E-state index contributed by atoms with van der Waals surface area (Å²) in [6, 6.07) is -0.474. The Bertz CT molecular complexity index is 293. The van der Waals surface area contributed by atoms with Crippen LogP contribution in [0.1, 0.15) is 39.5 Å². The van der Waals surface area contributed by atoms with Crippen LogP contribution in [0.5, 0.6) is 0 Å². The highest BCUT2D eigenvalue weighted by Gasteiger charge is 2.39. The molecule has 2 unspecified atom stereocenters. The van der Waals surface area contributed by atoms with Crippen molar-refractivity contribution in [1.29, 1.82) is 0 Å². The van der Waals surface area contributed by atoms with Crippen molar-refractivity contribution in [2.24, 2.45) is 5.41 Å². The second-order valence-corrected chi connectivity index (χ2v) is 5.12.